The Labute approximate surface area is 126 Å². The average molecular weight is 318 g/mol. The molecule has 0 aromatic rings. The topological polar surface area (TPSA) is 114 Å². The highest BCUT2D eigenvalue weighted by Gasteiger charge is 2.48. The first kappa shape index (κ1) is 17.9. The van der Waals surface area contributed by atoms with E-state index in [1.54, 1.807) is 0 Å². The minimum atomic E-state index is -1.27. The lowest BCUT2D eigenvalue weighted by Gasteiger charge is -2.39. The third-order valence-electron chi connectivity index (χ3n) is 2.59. The summed E-state index contributed by atoms with van der Waals surface area (Å²) in [5.74, 6) is -2.68. The van der Waals surface area contributed by atoms with Gasteiger partial charge in [0.2, 0.25) is 12.4 Å². The van der Waals surface area contributed by atoms with Gasteiger partial charge in [-0.25, -0.2) is 0 Å². The van der Waals surface area contributed by atoms with Crippen LogP contribution in [0.4, 0.5) is 0 Å². The van der Waals surface area contributed by atoms with Crippen LogP contribution in [0.2, 0.25) is 0 Å². The zero-order chi connectivity index (χ0) is 16.9. The Morgan fingerprint density at radius 2 is 1.18 bits per heavy atom. The second kappa shape index (κ2) is 7.74. The Morgan fingerprint density at radius 1 is 0.727 bits per heavy atom. The molecule has 124 valence electrons. The van der Waals surface area contributed by atoms with Gasteiger partial charge in [0.05, 0.1) is 6.61 Å². The molecule has 1 aliphatic rings. The van der Waals surface area contributed by atoms with Crippen molar-refractivity contribution in [3.05, 3.63) is 0 Å². The minimum Gasteiger partial charge on any atom is -0.456 e. The predicted molar refractivity (Wildman–Crippen MR) is 68.2 cm³/mol. The Hall–Kier alpha value is -2.16. The fraction of sp³-hybridized carbons (Fsp3) is 0.692. The van der Waals surface area contributed by atoms with Crippen LogP contribution in [-0.2, 0) is 42.9 Å². The molecule has 1 aliphatic heterocycles. The van der Waals surface area contributed by atoms with Gasteiger partial charge >= 0.3 is 23.9 Å². The fourth-order valence-electron chi connectivity index (χ4n) is 1.97. The third kappa shape index (κ3) is 5.32. The van der Waals surface area contributed by atoms with Crippen LogP contribution in [0.25, 0.3) is 0 Å². The Morgan fingerprint density at radius 3 is 1.64 bits per heavy atom. The number of hydrogen-bond acceptors (Lipinski definition) is 9. The van der Waals surface area contributed by atoms with Crippen LogP contribution in [0.1, 0.15) is 27.7 Å². The van der Waals surface area contributed by atoms with Crippen LogP contribution in [-0.4, -0.2) is 55.1 Å². The van der Waals surface area contributed by atoms with E-state index in [2.05, 4.69) is 0 Å². The SMILES string of the molecule is CC(=O)OC1OC[C@H](OC(C)=O)[C@@H](OC(C)=O)[C@@H]1OC(C)=O. The highest BCUT2D eigenvalue weighted by molar-refractivity contribution is 5.69. The van der Waals surface area contributed by atoms with Crippen LogP contribution in [0.5, 0.6) is 0 Å². The van der Waals surface area contributed by atoms with Crippen molar-refractivity contribution in [3.63, 3.8) is 0 Å². The van der Waals surface area contributed by atoms with E-state index >= 15 is 0 Å². The summed E-state index contributed by atoms with van der Waals surface area (Å²) in [4.78, 5) is 44.7. The Balaban J connectivity index is 3.03. The lowest BCUT2D eigenvalue weighted by Crippen LogP contribution is -2.58. The fourth-order valence-corrected chi connectivity index (χ4v) is 1.97. The van der Waals surface area contributed by atoms with E-state index in [9.17, 15) is 19.2 Å². The van der Waals surface area contributed by atoms with E-state index < -0.39 is 48.5 Å². The number of rotatable bonds is 4. The van der Waals surface area contributed by atoms with Crippen LogP contribution in [0.15, 0.2) is 0 Å². The first-order valence-electron chi connectivity index (χ1n) is 6.51. The molecule has 22 heavy (non-hydrogen) atoms. The van der Waals surface area contributed by atoms with E-state index in [1.165, 1.54) is 6.92 Å². The maximum atomic E-state index is 11.3. The molecule has 0 N–H and O–H groups in total. The van der Waals surface area contributed by atoms with Crippen molar-refractivity contribution in [1.29, 1.82) is 0 Å². The number of carbonyl (C=O) groups is 4. The molecule has 1 unspecified atom stereocenters. The summed E-state index contributed by atoms with van der Waals surface area (Å²) in [6, 6.07) is 0. The normalized spacial score (nSPS) is 27.5. The number of esters is 4. The summed E-state index contributed by atoms with van der Waals surface area (Å²) in [6.45, 7) is 4.40. The van der Waals surface area contributed by atoms with Gasteiger partial charge in [-0.2, -0.15) is 0 Å². The summed E-state index contributed by atoms with van der Waals surface area (Å²) in [6.07, 6.45) is -4.65. The molecule has 0 saturated carbocycles. The third-order valence-corrected chi connectivity index (χ3v) is 2.59. The summed E-state index contributed by atoms with van der Waals surface area (Å²) >= 11 is 0. The van der Waals surface area contributed by atoms with E-state index in [-0.39, 0.29) is 6.61 Å². The quantitative estimate of drug-likeness (QED) is 0.509. The molecule has 1 fully saturated rings. The van der Waals surface area contributed by atoms with Crippen molar-refractivity contribution in [2.45, 2.75) is 52.3 Å². The maximum absolute atomic E-state index is 11.3. The molecule has 0 amide bonds. The van der Waals surface area contributed by atoms with Crippen molar-refractivity contribution in [1.82, 2.24) is 0 Å². The zero-order valence-corrected chi connectivity index (χ0v) is 12.7. The van der Waals surface area contributed by atoms with Gasteiger partial charge in [0, 0.05) is 27.7 Å². The molecule has 1 heterocycles. The number of carbonyl (C=O) groups excluding carboxylic acids is 4. The van der Waals surface area contributed by atoms with Gasteiger partial charge in [0.15, 0.2) is 12.2 Å². The molecule has 9 nitrogen and oxygen atoms in total. The predicted octanol–water partition coefficient (Wildman–Crippen LogP) is -0.299. The molecule has 0 bridgehead atoms. The average Bonchev–Trinajstić information content (AvgIpc) is 2.34. The van der Waals surface area contributed by atoms with Crippen LogP contribution >= 0.6 is 0 Å². The van der Waals surface area contributed by atoms with Gasteiger partial charge in [-0.15, -0.1) is 0 Å². The first-order chi connectivity index (χ1) is 10.2. The molecule has 0 aromatic heterocycles. The molecule has 0 radical (unpaired) electrons. The monoisotopic (exact) mass is 318 g/mol. The lowest BCUT2D eigenvalue weighted by atomic mass is 10.0. The number of hydrogen-bond donors (Lipinski definition) is 0. The minimum absolute atomic E-state index is 0.187. The molecule has 1 rings (SSSR count). The molecule has 1 saturated heterocycles. The molecule has 0 aromatic carbocycles. The van der Waals surface area contributed by atoms with Gasteiger partial charge in [0.1, 0.15) is 0 Å². The highest BCUT2D eigenvalue weighted by Crippen LogP contribution is 2.25. The van der Waals surface area contributed by atoms with Crippen molar-refractivity contribution in [2.75, 3.05) is 6.61 Å². The standard InChI is InChI=1S/C13H18O9/c1-6(14)19-10-5-18-13(22-9(4)17)12(21-8(3)16)11(10)20-7(2)15/h10-13H,5H2,1-4H3/t10-,11+,12-,13?/m0/s1. The van der Waals surface area contributed by atoms with Crippen LogP contribution < -0.4 is 0 Å². The summed E-state index contributed by atoms with van der Waals surface area (Å²) in [5.41, 5.74) is 0. The highest BCUT2D eigenvalue weighted by atomic mass is 16.7. The van der Waals surface area contributed by atoms with Gasteiger partial charge in [-0.3, -0.25) is 19.2 Å². The van der Waals surface area contributed by atoms with Gasteiger partial charge in [-0.1, -0.05) is 0 Å². The molecule has 0 spiro atoms. The molecule has 4 atom stereocenters. The van der Waals surface area contributed by atoms with Crippen LogP contribution in [0, 0.1) is 0 Å². The van der Waals surface area contributed by atoms with Crippen molar-refractivity contribution < 1.29 is 42.9 Å². The maximum Gasteiger partial charge on any atom is 0.305 e. The van der Waals surface area contributed by atoms with Crippen molar-refractivity contribution in [2.24, 2.45) is 0 Å². The summed E-state index contributed by atoms with van der Waals surface area (Å²) in [5, 5.41) is 0. The van der Waals surface area contributed by atoms with E-state index in [0.29, 0.717) is 0 Å². The van der Waals surface area contributed by atoms with Crippen LogP contribution in [0.3, 0.4) is 0 Å². The lowest BCUT2D eigenvalue weighted by molar-refractivity contribution is -0.273. The van der Waals surface area contributed by atoms with Gasteiger partial charge in [-0.05, 0) is 0 Å². The van der Waals surface area contributed by atoms with E-state index in [4.69, 9.17) is 23.7 Å². The van der Waals surface area contributed by atoms with Gasteiger partial charge in [0.25, 0.3) is 0 Å². The second-order valence-corrected chi connectivity index (χ2v) is 4.61. The van der Waals surface area contributed by atoms with Crippen molar-refractivity contribution in [3.8, 4) is 0 Å². The number of ether oxygens (including phenoxy) is 5. The zero-order valence-electron chi connectivity index (χ0n) is 12.7. The Bertz CT molecular complexity index is 416. The van der Waals surface area contributed by atoms with Gasteiger partial charge < -0.3 is 23.7 Å². The first-order valence-corrected chi connectivity index (χ1v) is 6.51. The van der Waals surface area contributed by atoms with E-state index in [1.807, 2.05) is 0 Å². The molecule has 9 heteroatoms. The molecular formula is C13H18O9. The van der Waals surface area contributed by atoms with E-state index in [0.717, 1.165) is 20.8 Å². The summed E-state index contributed by atoms with van der Waals surface area (Å²) < 4.78 is 25.2. The molecular weight excluding hydrogens is 300 g/mol. The second-order valence-electron chi connectivity index (χ2n) is 4.61. The Kier molecular flexibility index (Phi) is 6.29. The molecule has 0 aliphatic carbocycles. The summed E-state index contributed by atoms with van der Waals surface area (Å²) in [7, 11) is 0. The van der Waals surface area contributed by atoms with Crippen molar-refractivity contribution >= 4 is 23.9 Å². The smallest absolute Gasteiger partial charge is 0.305 e. The largest absolute Gasteiger partial charge is 0.456 e.